The smallest absolute Gasteiger partial charge is 0.243 e. The highest BCUT2D eigenvalue weighted by atomic mass is 127. The van der Waals surface area contributed by atoms with Crippen molar-refractivity contribution in [3.8, 4) is 0 Å². The van der Waals surface area contributed by atoms with Crippen LogP contribution in [0.3, 0.4) is 0 Å². The monoisotopic (exact) mass is 492 g/mol. The normalized spacial score (nSPS) is 17.8. The molecule has 1 amide bonds. The maximum absolute atomic E-state index is 13.8. The van der Waals surface area contributed by atoms with Gasteiger partial charge in [-0.15, -0.1) is 24.0 Å². The van der Waals surface area contributed by atoms with Gasteiger partial charge < -0.3 is 20.3 Å². The predicted molar refractivity (Wildman–Crippen MR) is 116 cm³/mol. The van der Waals surface area contributed by atoms with Crippen molar-refractivity contribution in [2.75, 3.05) is 40.4 Å². The Kier molecular flexibility index (Phi) is 10.00. The van der Waals surface area contributed by atoms with Gasteiger partial charge in [-0.2, -0.15) is 0 Å². The molecule has 8 heteroatoms. The molecule has 0 saturated carbocycles. The molecule has 6 nitrogen and oxygen atoms in total. The van der Waals surface area contributed by atoms with Gasteiger partial charge in [0.25, 0.3) is 0 Å². The lowest BCUT2D eigenvalue weighted by atomic mass is 10.1. The van der Waals surface area contributed by atoms with E-state index in [1.54, 1.807) is 27.1 Å². The Balaban J connectivity index is 0.00000364. The number of carbonyl (C=O) groups excluding carboxylic acids is 1. The Bertz CT molecular complexity index is 649. The first-order valence-corrected chi connectivity index (χ1v) is 8.95. The lowest BCUT2D eigenvalue weighted by Gasteiger charge is -2.20. The fourth-order valence-electron chi connectivity index (χ4n) is 2.59. The Hall–Kier alpha value is -1.42. The van der Waals surface area contributed by atoms with Gasteiger partial charge in [0.15, 0.2) is 5.96 Å². The summed E-state index contributed by atoms with van der Waals surface area (Å²) in [6, 6.07) is 5.04. The van der Waals surface area contributed by atoms with Gasteiger partial charge in [0, 0.05) is 33.2 Å². The number of guanidine groups is 1. The van der Waals surface area contributed by atoms with E-state index in [1.165, 1.54) is 11.0 Å². The van der Waals surface area contributed by atoms with Crippen molar-refractivity contribution in [2.24, 2.45) is 10.9 Å². The molecule has 0 aliphatic carbocycles. The van der Waals surface area contributed by atoms with Crippen LogP contribution < -0.4 is 10.6 Å². The standard InChI is InChI=1S/C19H29FN4O2.HI/c1-13-5-6-16(9-17(13)20)14(2)23-19(22-11-18(25)24(3)4)21-10-15-7-8-26-12-15;/h5-6,9,14-15H,7-8,10-12H2,1-4H3,(H2,21,22,23);1H. The Labute approximate surface area is 178 Å². The Morgan fingerprint density at radius 2 is 2.19 bits per heavy atom. The first-order chi connectivity index (χ1) is 12.4. The summed E-state index contributed by atoms with van der Waals surface area (Å²) in [6.07, 6.45) is 1.01. The number of likely N-dealkylation sites (N-methyl/N-ethyl adjacent to an activating group) is 1. The zero-order valence-electron chi connectivity index (χ0n) is 16.4. The van der Waals surface area contributed by atoms with Crippen molar-refractivity contribution in [3.05, 3.63) is 35.1 Å². The van der Waals surface area contributed by atoms with Crippen molar-refractivity contribution >= 4 is 35.8 Å². The van der Waals surface area contributed by atoms with Crippen LogP contribution in [-0.2, 0) is 9.53 Å². The van der Waals surface area contributed by atoms with Crippen LogP contribution in [0.1, 0.15) is 30.5 Å². The van der Waals surface area contributed by atoms with E-state index in [0.29, 0.717) is 17.4 Å². The number of aryl methyl sites for hydroxylation is 1. The molecule has 1 aliphatic heterocycles. The topological polar surface area (TPSA) is 66.0 Å². The zero-order valence-corrected chi connectivity index (χ0v) is 18.7. The summed E-state index contributed by atoms with van der Waals surface area (Å²) in [6.45, 7) is 5.96. The molecule has 0 bridgehead atoms. The van der Waals surface area contributed by atoms with Gasteiger partial charge in [-0.3, -0.25) is 4.79 Å². The van der Waals surface area contributed by atoms with Crippen LogP contribution in [0.2, 0.25) is 0 Å². The van der Waals surface area contributed by atoms with Crippen LogP contribution >= 0.6 is 24.0 Å². The number of amides is 1. The van der Waals surface area contributed by atoms with E-state index in [0.717, 1.165) is 31.7 Å². The number of halogens is 2. The van der Waals surface area contributed by atoms with E-state index in [1.807, 2.05) is 13.0 Å². The SMILES string of the molecule is Cc1ccc(C(C)NC(=NCC(=O)N(C)C)NCC2CCOC2)cc1F.I. The van der Waals surface area contributed by atoms with E-state index in [-0.39, 0.29) is 48.3 Å². The summed E-state index contributed by atoms with van der Waals surface area (Å²) >= 11 is 0. The highest BCUT2D eigenvalue weighted by Gasteiger charge is 2.17. The van der Waals surface area contributed by atoms with E-state index >= 15 is 0 Å². The van der Waals surface area contributed by atoms with Crippen LogP contribution in [0.5, 0.6) is 0 Å². The molecule has 2 unspecified atom stereocenters. The summed E-state index contributed by atoms with van der Waals surface area (Å²) < 4.78 is 19.2. The summed E-state index contributed by atoms with van der Waals surface area (Å²) in [5.41, 5.74) is 1.44. The summed E-state index contributed by atoms with van der Waals surface area (Å²) in [7, 11) is 3.40. The minimum Gasteiger partial charge on any atom is -0.381 e. The molecular formula is C19H30FIN4O2. The second-order valence-electron chi connectivity index (χ2n) is 6.94. The van der Waals surface area contributed by atoms with E-state index in [2.05, 4.69) is 15.6 Å². The lowest BCUT2D eigenvalue weighted by Crippen LogP contribution is -2.42. The highest BCUT2D eigenvalue weighted by Crippen LogP contribution is 2.16. The molecule has 1 aromatic rings. The van der Waals surface area contributed by atoms with Crippen molar-refractivity contribution in [1.82, 2.24) is 15.5 Å². The van der Waals surface area contributed by atoms with Gasteiger partial charge in [-0.05, 0) is 37.5 Å². The summed E-state index contributed by atoms with van der Waals surface area (Å²) in [4.78, 5) is 17.7. The van der Waals surface area contributed by atoms with Gasteiger partial charge in [-0.25, -0.2) is 9.38 Å². The van der Waals surface area contributed by atoms with Crippen LogP contribution in [0, 0.1) is 18.7 Å². The maximum atomic E-state index is 13.8. The number of aliphatic imine (C=N–C) groups is 1. The van der Waals surface area contributed by atoms with Crippen LogP contribution in [0.25, 0.3) is 0 Å². The third-order valence-electron chi connectivity index (χ3n) is 4.50. The number of nitrogens with zero attached hydrogens (tertiary/aromatic N) is 2. The Morgan fingerprint density at radius 1 is 1.44 bits per heavy atom. The molecule has 1 aliphatic rings. The van der Waals surface area contributed by atoms with Gasteiger partial charge in [0.05, 0.1) is 12.6 Å². The van der Waals surface area contributed by atoms with Gasteiger partial charge >= 0.3 is 0 Å². The van der Waals surface area contributed by atoms with E-state index in [4.69, 9.17) is 4.74 Å². The lowest BCUT2D eigenvalue weighted by molar-refractivity contribution is -0.127. The number of ether oxygens (including phenoxy) is 1. The largest absolute Gasteiger partial charge is 0.381 e. The quantitative estimate of drug-likeness (QED) is 0.364. The molecule has 27 heavy (non-hydrogen) atoms. The average molecular weight is 492 g/mol. The zero-order chi connectivity index (χ0) is 19.1. The molecule has 0 radical (unpaired) electrons. The van der Waals surface area contributed by atoms with Crippen molar-refractivity contribution in [3.63, 3.8) is 0 Å². The summed E-state index contributed by atoms with van der Waals surface area (Å²) in [5.74, 6) is 0.664. The fourth-order valence-corrected chi connectivity index (χ4v) is 2.59. The highest BCUT2D eigenvalue weighted by molar-refractivity contribution is 14.0. The van der Waals surface area contributed by atoms with Gasteiger partial charge in [0.1, 0.15) is 12.4 Å². The van der Waals surface area contributed by atoms with Crippen LogP contribution in [0.4, 0.5) is 4.39 Å². The number of hydrogen-bond donors (Lipinski definition) is 2. The molecule has 1 fully saturated rings. The first kappa shape index (κ1) is 23.6. The van der Waals surface area contributed by atoms with Crippen molar-refractivity contribution in [2.45, 2.75) is 26.3 Å². The molecule has 1 saturated heterocycles. The van der Waals surface area contributed by atoms with Crippen molar-refractivity contribution < 1.29 is 13.9 Å². The molecule has 0 aromatic heterocycles. The number of benzene rings is 1. The molecular weight excluding hydrogens is 462 g/mol. The van der Waals surface area contributed by atoms with Crippen LogP contribution in [0.15, 0.2) is 23.2 Å². The fraction of sp³-hybridized carbons (Fsp3) is 0.579. The van der Waals surface area contributed by atoms with Crippen LogP contribution in [-0.4, -0.2) is 57.2 Å². The number of hydrogen-bond acceptors (Lipinski definition) is 3. The second kappa shape index (κ2) is 11.4. The van der Waals surface area contributed by atoms with Gasteiger partial charge in [-0.1, -0.05) is 12.1 Å². The Morgan fingerprint density at radius 3 is 2.78 bits per heavy atom. The summed E-state index contributed by atoms with van der Waals surface area (Å²) in [5, 5.41) is 6.54. The number of carbonyl (C=O) groups is 1. The molecule has 1 aromatic carbocycles. The number of rotatable bonds is 6. The van der Waals surface area contributed by atoms with E-state index < -0.39 is 0 Å². The third kappa shape index (κ3) is 7.61. The molecule has 1 heterocycles. The molecule has 2 atom stereocenters. The second-order valence-corrected chi connectivity index (χ2v) is 6.94. The molecule has 0 spiro atoms. The minimum absolute atomic E-state index is 0. The van der Waals surface area contributed by atoms with Gasteiger partial charge in [0.2, 0.25) is 5.91 Å². The molecule has 2 rings (SSSR count). The molecule has 152 valence electrons. The average Bonchev–Trinajstić information content (AvgIpc) is 3.12. The molecule has 2 N–H and O–H groups in total. The van der Waals surface area contributed by atoms with E-state index in [9.17, 15) is 9.18 Å². The first-order valence-electron chi connectivity index (χ1n) is 8.95. The predicted octanol–water partition coefficient (Wildman–Crippen LogP) is 2.47. The minimum atomic E-state index is -0.228. The van der Waals surface area contributed by atoms with Crippen molar-refractivity contribution in [1.29, 1.82) is 0 Å². The third-order valence-corrected chi connectivity index (χ3v) is 4.50. The maximum Gasteiger partial charge on any atom is 0.243 e. The number of nitrogens with one attached hydrogen (secondary N) is 2.